The summed E-state index contributed by atoms with van der Waals surface area (Å²) < 4.78 is 5.58. The number of hydrogen-bond donors (Lipinski definition) is 1. The Kier molecular flexibility index (Phi) is 5.49. The van der Waals surface area contributed by atoms with Gasteiger partial charge in [0, 0.05) is 24.8 Å². The minimum Gasteiger partial charge on any atom is -0.378 e. The number of hydrogen-bond acceptors (Lipinski definition) is 4. The molecular formula is C15H22N2O3. The molecule has 1 unspecified atom stereocenters. The standard InChI is InChI=1S/C15H22N2O3/c1-12-13(5-2-8-15(12)17(18)19)11-16-9-3-6-14-7-4-10-20-14/h2,5,8,14,16H,3-4,6-7,9-11H2,1H3. The second-order valence-electron chi connectivity index (χ2n) is 5.27. The Bertz CT molecular complexity index is 456. The highest BCUT2D eigenvalue weighted by Gasteiger charge is 2.15. The lowest BCUT2D eigenvalue weighted by Crippen LogP contribution is -2.17. The van der Waals surface area contributed by atoms with E-state index in [1.165, 1.54) is 12.8 Å². The number of nitro groups is 1. The monoisotopic (exact) mass is 278 g/mol. The van der Waals surface area contributed by atoms with E-state index in [1.807, 2.05) is 13.0 Å². The van der Waals surface area contributed by atoms with Gasteiger partial charge in [0.15, 0.2) is 0 Å². The van der Waals surface area contributed by atoms with Crippen molar-refractivity contribution < 1.29 is 9.66 Å². The zero-order valence-corrected chi connectivity index (χ0v) is 11.9. The molecule has 1 aromatic rings. The van der Waals surface area contributed by atoms with E-state index in [4.69, 9.17) is 4.74 Å². The van der Waals surface area contributed by atoms with Crippen LogP contribution in [0.25, 0.3) is 0 Å². The molecule has 20 heavy (non-hydrogen) atoms. The van der Waals surface area contributed by atoms with Gasteiger partial charge < -0.3 is 10.1 Å². The molecule has 1 aliphatic heterocycles. The third-order valence-corrected chi connectivity index (χ3v) is 3.83. The highest BCUT2D eigenvalue weighted by atomic mass is 16.6. The fraction of sp³-hybridized carbons (Fsp3) is 0.600. The Labute approximate surface area is 119 Å². The van der Waals surface area contributed by atoms with Gasteiger partial charge in [-0.15, -0.1) is 0 Å². The highest BCUT2D eigenvalue weighted by molar-refractivity contribution is 5.44. The average Bonchev–Trinajstić information content (AvgIpc) is 2.93. The van der Waals surface area contributed by atoms with Crippen molar-refractivity contribution in [1.29, 1.82) is 0 Å². The van der Waals surface area contributed by atoms with Gasteiger partial charge >= 0.3 is 0 Å². The van der Waals surface area contributed by atoms with Crippen LogP contribution >= 0.6 is 0 Å². The first-order valence-corrected chi connectivity index (χ1v) is 7.23. The van der Waals surface area contributed by atoms with Crippen molar-refractivity contribution in [3.63, 3.8) is 0 Å². The van der Waals surface area contributed by atoms with E-state index in [0.717, 1.165) is 37.1 Å². The minimum absolute atomic E-state index is 0.198. The topological polar surface area (TPSA) is 64.4 Å². The number of rotatable bonds is 7. The number of nitrogens with zero attached hydrogens (tertiary/aromatic N) is 1. The van der Waals surface area contributed by atoms with E-state index in [-0.39, 0.29) is 10.6 Å². The van der Waals surface area contributed by atoms with Gasteiger partial charge in [0.2, 0.25) is 0 Å². The number of ether oxygens (including phenoxy) is 1. The lowest BCUT2D eigenvalue weighted by molar-refractivity contribution is -0.385. The van der Waals surface area contributed by atoms with Crippen LogP contribution in [0.5, 0.6) is 0 Å². The van der Waals surface area contributed by atoms with Crippen LogP contribution in [0.1, 0.15) is 36.8 Å². The molecule has 0 saturated carbocycles. The summed E-state index contributed by atoms with van der Waals surface area (Å²) in [5.41, 5.74) is 1.95. The highest BCUT2D eigenvalue weighted by Crippen LogP contribution is 2.21. The summed E-state index contributed by atoms with van der Waals surface area (Å²) >= 11 is 0. The smallest absolute Gasteiger partial charge is 0.272 e. The van der Waals surface area contributed by atoms with Crippen molar-refractivity contribution in [3.05, 3.63) is 39.4 Å². The largest absolute Gasteiger partial charge is 0.378 e. The molecule has 1 N–H and O–H groups in total. The quantitative estimate of drug-likeness (QED) is 0.473. The van der Waals surface area contributed by atoms with Gasteiger partial charge in [0.1, 0.15) is 0 Å². The molecule has 110 valence electrons. The van der Waals surface area contributed by atoms with E-state index in [2.05, 4.69) is 5.32 Å². The molecule has 5 nitrogen and oxygen atoms in total. The van der Waals surface area contributed by atoms with E-state index in [0.29, 0.717) is 12.6 Å². The molecule has 2 rings (SSSR count). The normalized spacial score (nSPS) is 18.4. The SMILES string of the molecule is Cc1c(CNCCCC2CCCO2)cccc1[N+](=O)[O-]. The Morgan fingerprint density at radius 3 is 3.05 bits per heavy atom. The molecule has 5 heteroatoms. The van der Waals surface area contributed by atoms with Gasteiger partial charge in [-0.2, -0.15) is 0 Å². The first-order valence-electron chi connectivity index (χ1n) is 7.23. The maximum atomic E-state index is 10.9. The number of nitrogens with one attached hydrogen (secondary N) is 1. The molecule has 0 bridgehead atoms. The van der Waals surface area contributed by atoms with Crippen molar-refractivity contribution in [1.82, 2.24) is 5.32 Å². The van der Waals surface area contributed by atoms with E-state index in [1.54, 1.807) is 12.1 Å². The first kappa shape index (κ1) is 14.9. The Balaban J connectivity index is 1.73. The third kappa shape index (κ3) is 4.02. The minimum atomic E-state index is -0.323. The van der Waals surface area contributed by atoms with Gasteiger partial charge in [-0.25, -0.2) is 0 Å². The summed E-state index contributed by atoms with van der Waals surface area (Å²) in [4.78, 5) is 10.5. The zero-order valence-electron chi connectivity index (χ0n) is 11.9. The lowest BCUT2D eigenvalue weighted by atomic mass is 10.1. The predicted octanol–water partition coefficient (Wildman–Crippen LogP) is 2.95. The number of nitro benzene ring substituents is 1. The van der Waals surface area contributed by atoms with Crippen molar-refractivity contribution in [3.8, 4) is 0 Å². The second kappa shape index (κ2) is 7.36. The Morgan fingerprint density at radius 2 is 2.35 bits per heavy atom. The molecular weight excluding hydrogens is 256 g/mol. The number of benzene rings is 1. The molecule has 1 aromatic carbocycles. The molecule has 1 fully saturated rings. The van der Waals surface area contributed by atoms with Crippen LogP contribution in [0.3, 0.4) is 0 Å². The predicted molar refractivity (Wildman–Crippen MR) is 77.7 cm³/mol. The van der Waals surface area contributed by atoms with E-state index >= 15 is 0 Å². The maximum absolute atomic E-state index is 10.9. The molecule has 0 spiro atoms. The molecule has 0 aromatic heterocycles. The van der Waals surface area contributed by atoms with Crippen LogP contribution in [-0.4, -0.2) is 24.2 Å². The van der Waals surface area contributed by atoms with Crippen LogP contribution in [-0.2, 0) is 11.3 Å². The molecule has 0 aliphatic carbocycles. The summed E-state index contributed by atoms with van der Waals surface area (Å²) in [5, 5.41) is 14.2. The molecule has 1 saturated heterocycles. The van der Waals surface area contributed by atoms with Crippen molar-refractivity contribution >= 4 is 5.69 Å². The average molecular weight is 278 g/mol. The molecule has 1 aliphatic rings. The first-order chi connectivity index (χ1) is 9.68. The van der Waals surface area contributed by atoms with Crippen LogP contribution in [0.15, 0.2) is 18.2 Å². The van der Waals surface area contributed by atoms with Crippen LogP contribution < -0.4 is 5.32 Å². The van der Waals surface area contributed by atoms with Gasteiger partial charge in [-0.3, -0.25) is 10.1 Å². The molecule has 1 atom stereocenters. The van der Waals surface area contributed by atoms with Gasteiger partial charge in [0.25, 0.3) is 5.69 Å². The third-order valence-electron chi connectivity index (χ3n) is 3.83. The Morgan fingerprint density at radius 1 is 1.50 bits per heavy atom. The summed E-state index contributed by atoms with van der Waals surface area (Å²) in [6.45, 7) is 4.31. The lowest BCUT2D eigenvalue weighted by Gasteiger charge is -2.10. The molecule has 0 amide bonds. The summed E-state index contributed by atoms with van der Waals surface area (Å²) in [7, 11) is 0. The van der Waals surface area contributed by atoms with Gasteiger partial charge in [-0.05, 0) is 44.7 Å². The van der Waals surface area contributed by atoms with Crippen molar-refractivity contribution in [2.75, 3.05) is 13.2 Å². The maximum Gasteiger partial charge on any atom is 0.272 e. The van der Waals surface area contributed by atoms with Gasteiger partial charge in [-0.1, -0.05) is 12.1 Å². The van der Waals surface area contributed by atoms with Crippen LogP contribution in [0.2, 0.25) is 0 Å². The van der Waals surface area contributed by atoms with Crippen LogP contribution in [0.4, 0.5) is 5.69 Å². The van der Waals surface area contributed by atoms with Crippen LogP contribution in [0, 0.1) is 17.0 Å². The Hall–Kier alpha value is -1.46. The summed E-state index contributed by atoms with van der Waals surface area (Å²) in [6.07, 6.45) is 4.99. The van der Waals surface area contributed by atoms with Crippen molar-refractivity contribution in [2.24, 2.45) is 0 Å². The second-order valence-corrected chi connectivity index (χ2v) is 5.27. The molecule has 1 heterocycles. The van der Waals surface area contributed by atoms with Gasteiger partial charge in [0.05, 0.1) is 11.0 Å². The molecule has 0 radical (unpaired) electrons. The zero-order chi connectivity index (χ0) is 14.4. The summed E-state index contributed by atoms with van der Waals surface area (Å²) in [6, 6.07) is 5.24. The van der Waals surface area contributed by atoms with E-state index in [9.17, 15) is 10.1 Å². The van der Waals surface area contributed by atoms with E-state index < -0.39 is 0 Å². The fourth-order valence-electron chi connectivity index (χ4n) is 2.61. The summed E-state index contributed by atoms with van der Waals surface area (Å²) in [5.74, 6) is 0. The van der Waals surface area contributed by atoms with Crippen molar-refractivity contribution in [2.45, 2.75) is 45.3 Å². The fourth-order valence-corrected chi connectivity index (χ4v) is 2.61.